The molecule has 0 spiro atoms. The second-order valence-corrected chi connectivity index (χ2v) is 12.5. The molecule has 0 bridgehead atoms. The normalized spacial score (nSPS) is 15.8. The fourth-order valence-corrected chi connectivity index (χ4v) is 5.93. The van der Waals surface area contributed by atoms with Crippen LogP contribution in [0.5, 0.6) is 11.6 Å². The van der Waals surface area contributed by atoms with E-state index in [2.05, 4.69) is 23.6 Å². The molecule has 0 radical (unpaired) electrons. The van der Waals surface area contributed by atoms with E-state index >= 15 is 0 Å². The van der Waals surface area contributed by atoms with Gasteiger partial charge in [-0.05, 0) is 94.2 Å². The third-order valence-electron chi connectivity index (χ3n) is 7.05. The summed E-state index contributed by atoms with van der Waals surface area (Å²) in [5.74, 6) is 0.150. The number of ether oxygens (including phenoxy) is 1. The molecule has 1 aliphatic rings. The first-order valence-electron chi connectivity index (χ1n) is 12.6. The van der Waals surface area contributed by atoms with Crippen LogP contribution in [-0.2, 0) is 10.0 Å². The molecule has 8 heteroatoms. The topological polar surface area (TPSA) is 98.2 Å². The molecule has 1 fully saturated rings. The Bertz CT molecular complexity index is 1410. The van der Waals surface area contributed by atoms with Crippen LogP contribution in [0, 0.1) is 33.1 Å². The van der Waals surface area contributed by atoms with Crippen molar-refractivity contribution in [1.82, 2.24) is 14.7 Å². The maximum Gasteiger partial charge on any atom is 0.281 e. The van der Waals surface area contributed by atoms with Crippen LogP contribution in [0.2, 0.25) is 0 Å². The monoisotopic (exact) mass is 521 g/mol. The predicted octanol–water partition coefficient (Wildman–Crippen LogP) is 6.31. The molecule has 0 saturated heterocycles. The van der Waals surface area contributed by atoms with Crippen molar-refractivity contribution in [3.63, 3.8) is 0 Å². The van der Waals surface area contributed by atoms with Gasteiger partial charge < -0.3 is 4.74 Å². The molecule has 1 saturated carbocycles. The van der Waals surface area contributed by atoms with E-state index in [9.17, 15) is 13.2 Å². The van der Waals surface area contributed by atoms with Gasteiger partial charge in [0.25, 0.3) is 15.9 Å². The van der Waals surface area contributed by atoms with Gasteiger partial charge in [-0.15, -0.1) is 0 Å². The van der Waals surface area contributed by atoms with E-state index in [1.165, 1.54) is 6.07 Å². The van der Waals surface area contributed by atoms with Gasteiger partial charge in [-0.25, -0.2) is 14.7 Å². The predicted molar refractivity (Wildman–Crippen MR) is 144 cm³/mol. The van der Waals surface area contributed by atoms with Crippen molar-refractivity contribution in [2.24, 2.45) is 5.41 Å². The van der Waals surface area contributed by atoms with Crippen LogP contribution >= 0.6 is 0 Å². The molecule has 1 aromatic carbocycles. The average molecular weight is 522 g/mol. The maximum absolute atomic E-state index is 13.3. The molecule has 2 heterocycles. The number of sulfonamides is 1. The van der Waals surface area contributed by atoms with Gasteiger partial charge in [0.1, 0.15) is 11.3 Å². The number of hydrogen-bond acceptors (Lipinski definition) is 6. The van der Waals surface area contributed by atoms with Crippen molar-refractivity contribution >= 4 is 15.9 Å². The Kier molecular flexibility index (Phi) is 7.42. The largest absolute Gasteiger partial charge is 0.438 e. The molecule has 7 nitrogen and oxygen atoms in total. The van der Waals surface area contributed by atoms with Crippen LogP contribution in [0.4, 0.5) is 0 Å². The van der Waals surface area contributed by atoms with E-state index in [0.29, 0.717) is 16.9 Å². The fraction of sp³-hybridized carbons (Fsp3) is 0.414. The van der Waals surface area contributed by atoms with Crippen LogP contribution in [0.25, 0.3) is 0 Å². The van der Waals surface area contributed by atoms with Gasteiger partial charge in [0.15, 0.2) is 5.03 Å². The number of aryl methyl sites for hydroxylation is 4. The Hall–Kier alpha value is -3.26. The van der Waals surface area contributed by atoms with Crippen molar-refractivity contribution in [3.8, 4) is 11.6 Å². The zero-order chi connectivity index (χ0) is 27.0. The summed E-state index contributed by atoms with van der Waals surface area (Å²) in [5.41, 5.74) is 4.67. The van der Waals surface area contributed by atoms with Crippen molar-refractivity contribution in [2.45, 2.75) is 78.2 Å². The molecule has 4 rings (SSSR count). The highest BCUT2D eigenvalue weighted by Gasteiger charge is 2.30. The summed E-state index contributed by atoms with van der Waals surface area (Å²) in [6, 6.07) is 12.1. The number of nitrogens with one attached hydrogen (secondary N) is 1. The van der Waals surface area contributed by atoms with Gasteiger partial charge in [0.05, 0.1) is 0 Å². The smallest absolute Gasteiger partial charge is 0.281 e. The molecule has 1 amide bonds. The summed E-state index contributed by atoms with van der Waals surface area (Å²) >= 11 is 0. The van der Waals surface area contributed by atoms with Gasteiger partial charge in [-0.1, -0.05) is 37.6 Å². The molecule has 0 unspecified atom stereocenters. The van der Waals surface area contributed by atoms with Crippen molar-refractivity contribution in [3.05, 3.63) is 76.1 Å². The molecule has 196 valence electrons. The minimum absolute atomic E-state index is 0.0514. The van der Waals surface area contributed by atoms with E-state index in [1.54, 1.807) is 25.1 Å². The van der Waals surface area contributed by atoms with Gasteiger partial charge in [-0.3, -0.25) is 4.79 Å². The standard InChI is InChI=1S/C29H35N3O4S/c1-18-16-19(2)26(20(3)17-18)36-28-23(10-11-24(31-28)22-12-14-29(5,6)15-13-22)27(33)32-37(34,35)25-9-7-8-21(4)30-25/h7-11,16-17,22H,12-15H2,1-6H3,(H,32,33). The van der Waals surface area contributed by atoms with Crippen LogP contribution in [0.15, 0.2) is 47.5 Å². The Morgan fingerprint density at radius 1 is 0.973 bits per heavy atom. The van der Waals surface area contributed by atoms with E-state index in [-0.39, 0.29) is 22.4 Å². The quantitative estimate of drug-likeness (QED) is 0.408. The number of benzene rings is 1. The number of amides is 1. The number of rotatable bonds is 6. The number of hydrogen-bond donors (Lipinski definition) is 1. The molecule has 2 aromatic heterocycles. The summed E-state index contributed by atoms with van der Waals surface area (Å²) in [6.45, 7) is 12.1. The lowest BCUT2D eigenvalue weighted by molar-refractivity contribution is 0.0978. The SMILES string of the molecule is Cc1cc(C)c(Oc2nc(C3CCC(C)(C)CC3)ccc2C(=O)NS(=O)(=O)c2cccc(C)n2)c(C)c1. The zero-order valence-electron chi connectivity index (χ0n) is 22.4. The summed E-state index contributed by atoms with van der Waals surface area (Å²) in [4.78, 5) is 22.1. The molecule has 0 aliphatic heterocycles. The van der Waals surface area contributed by atoms with Gasteiger partial charge in [0, 0.05) is 17.3 Å². The van der Waals surface area contributed by atoms with Crippen LogP contribution < -0.4 is 9.46 Å². The van der Waals surface area contributed by atoms with Crippen LogP contribution in [0.3, 0.4) is 0 Å². The van der Waals surface area contributed by atoms with E-state index in [1.807, 2.05) is 39.0 Å². The lowest BCUT2D eigenvalue weighted by Crippen LogP contribution is -2.31. The molecule has 3 aromatic rings. The molecular formula is C29H35N3O4S. The number of pyridine rings is 2. The Morgan fingerprint density at radius 2 is 1.62 bits per heavy atom. The Labute approximate surface area is 219 Å². The number of carbonyl (C=O) groups excluding carboxylic acids is 1. The highest BCUT2D eigenvalue weighted by atomic mass is 32.2. The Morgan fingerprint density at radius 3 is 2.24 bits per heavy atom. The second kappa shape index (κ2) is 10.2. The summed E-state index contributed by atoms with van der Waals surface area (Å²) in [6.07, 6.45) is 4.19. The first-order valence-corrected chi connectivity index (χ1v) is 14.1. The molecular weight excluding hydrogens is 486 g/mol. The van der Waals surface area contributed by atoms with E-state index < -0.39 is 15.9 Å². The lowest BCUT2D eigenvalue weighted by atomic mass is 9.72. The van der Waals surface area contributed by atoms with E-state index in [0.717, 1.165) is 48.1 Å². The number of nitrogens with zero attached hydrogens (tertiary/aromatic N) is 2. The third-order valence-corrected chi connectivity index (χ3v) is 8.28. The van der Waals surface area contributed by atoms with E-state index in [4.69, 9.17) is 9.72 Å². The first kappa shape index (κ1) is 26.8. The fourth-order valence-electron chi connectivity index (χ4n) is 4.95. The third kappa shape index (κ3) is 6.18. The zero-order valence-corrected chi connectivity index (χ0v) is 23.2. The molecule has 0 atom stereocenters. The number of aromatic nitrogens is 2. The number of carbonyl (C=O) groups is 1. The van der Waals surface area contributed by atoms with Gasteiger partial charge in [0.2, 0.25) is 5.88 Å². The molecule has 37 heavy (non-hydrogen) atoms. The summed E-state index contributed by atoms with van der Waals surface area (Å²) in [7, 11) is -4.18. The highest BCUT2D eigenvalue weighted by molar-refractivity contribution is 7.90. The molecule has 1 N–H and O–H groups in total. The minimum Gasteiger partial charge on any atom is -0.438 e. The van der Waals surface area contributed by atoms with Crippen molar-refractivity contribution < 1.29 is 17.9 Å². The minimum atomic E-state index is -4.18. The van der Waals surface area contributed by atoms with Gasteiger partial charge in [-0.2, -0.15) is 8.42 Å². The summed E-state index contributed by atoms with van der Waals surface area (Å²) in [5, 5.41) is -0.219. The Balaban J connectivity index is 1.71. The highest BCUT2D eigenvalue weighted by Crippen LogP contribution is 2.42. The maximum atomic E-state index is 13.3. The van der Waals surface area contributed by atoms with Crippen LogP contribution in [0.1, 0.15) is 83.9 Å². The second-order valence-electron chi connectivity index (χ2n) is 10.9. The van der Waals surface area contributed by atoms with Gasteiger partial charge >= 0.3 is 0 Å². The summed E-state index contributed by atoms with van der Waals surface area (Å²) < 4.78 is 34.2. The molecule has 1 aliphatic carbocycles. The average Bonchev–Trinajstić information content (AvgIpc) is 2.81. The van der Waals surface area contributed by atoms with Crippen molar-refractivity contribution in [2.75, 3.05) is 0 Å². The lowest BCUT2D eigenvalue weighted by Gasteiger charge is -2.34. The first-order chi connectivity index (χ1) is 17.3. The van der Waals surface area contributed by atoms with Crippen LogP contribution in [-0.4, -0.2) is 24.3 Å². The van der Waals surface area contributed by atoms with Crippen molar-refractivity contribution in [1.29, 1.82) is 0 Å².